The third-order valence-electron chi connectivity index (χ3n) is 2.14. The lowest BCUT2D eigenvalue weighted by Gasteiger charge is -2.21. The number of hydrogen-bond donors (Lipinski definition) is 0. The van der Waals surface area contributed by atoms with E-state index in [1.807, 2.05) is 13.8 Å². The quantitative estimate of drug-likeness (QED) is 0.600. The van der Waals surface area contributed by atoms with Gasteiger partial charge in [0.15, 0.2) is 0 Å². The molecule has 0 aliphatic heterocycles. The second-order valence-electron chi connectivity index (χ2n) is 4.11. The number of carbonyl (C=O) groups is 1. The van der Waals surface area contributed by atoms with Gasteiger partial charge in [-0.05, 0) is 26.8 Å². The summed E-state index contributed by atoms with van der Waals surface area (Å²) >= 11 is 5.75. The number of hydrogen-bond acceptors (Lipinski definition) is 4. The van der Waals surface area contributed by atoms with Gasteiger partial charge in [-0.3, -0.25) is 4.79 Å². The highest BCUT2D eigenvalue weighted by Gasteiger charge is 2.30. The molecule has 0 aliphatic carbocycles. The van der Waals surface area contributed by atoms with Crippen LogP contribution in [0.1, 0.15) is 26.5 Å². The molecule has 0 N–H and O–H groups in total. The molecule has 0 amide bonds. The van der Waals surface area contributed by atoms with Crippen molar-refractivity contribution in [3.8, 4) is 0 Å². The lowest BCUT2D eigenvalue weighted by Crippen LogP contribution is -2.29. The highest BCUT2D eigenvalue weighted by atomic mass is 35.5. The Kier molecular flexibility index (Phi) is 4.24. The predicted octanol–water partition coefficient (Wildman–Crippen LogP) is 2.26. The molecule has 1 heterocycles. The molecule has 1 rings (SSSR count). The van der Waals surface area contributed by atoms with Crippen LogP contribution in [0.25, 0.3) is 0 Å². The molecule has 4 nitrogen and oxygen atoms in total. The van der Waals surface area contributed by atoms with Crippen LogP contribution in [-0.4, -0.2) is 22.5 Å². The van der Waals surface area contributed by atoms with Gasteiger partial charge >= 0.3 is 5.97 Å². The van der Waals surface area contributed by atoms with Gasteiger partial charge in [-0.15, -0.1) is 0 Å². The Morgan fingerprint density at radius 2 is 2.19 bits per heavy atom. The Balaban J connectivity index is 2.75. The zero-order chi connectivity index (χ0) is 12.2. The summed E-state index contributed by atoms with van der Waals surface area (Å²) in [6, 6.07) is 1.66. The molecule has 0 bridgehead atoms. The standard InChI is InChI=1S/C11H15ClN2O2/c1-4-16-10(15)11(2,3)6-8-5-9(12)14-7-13-8/h5,7H,4,6H2,1-3H3. The predicted molar refractivity (Wildman–Crippen MR) is 61.2 cm³/mol. The monoisotopic (exact) mass is 242 g/mol. The second-order valence-corrected chi connectivity index (χ2v) is 4.50. The van der Waals surface area contributed by atoms with E-state index in [1.165, 1.54) is 6.33 Å². The van der Waals surface area contributed by atoms with E-state index < -0.39 is 5.41 Å². The maximum absolute atomic E-state index is 11.7. The van der Waals surface area contributed by atoms with Crippen LogP contribution in [0.4, 0.5) is 0 Å². The van der Waals surface area contributed by atoms with Gasteiger partial charge in [0, 0.05) is 12.1 Å². The largest absolute Gasteiger partial charge is 0.466 e. The fourth-order valence-electron chi connectivity index (χ4n) is 1.32. The van der Waals surface area contributed by atoms with Gasteiger partial charge < -0.3 is 4.74 Å². The zero-order valence-electron chi connectivity index (χ0n) is 9.66. The first-order valence-electron chi connectivity index (χ1n) is 5.09. The molecular formula is C11H15ClN2O2. The molecule has 0 aromatic carbocycles. The minimum absolute atomic E-state index is 0.232. The minimum atomic E-state index is -0.603. The molecule has 0 atom stereocenters. The number of aromatic nitrogens is 2. The van der Waals surface area contributed by atoms with Crippen LogP contribution < -0.4 is 0 Å². The van der Waals surface area contributed by atoms with Gasteiger partial charge in [-0.25, -0.2) is 9.97 Å². The van der Waals surface area contributed by atoms with E-state index >= 15 is 0 Å². The molecule has 0 saturated carbocycles. The van der Waals surface area contributed by atoms with Crippen LogP contribution in [0.2, 0.25) is 5.15 Å². The SMILES string of the molecule is CCOC(=O)C(C)(C)Cc1cc(Cl)ncn1. The first kappa shape index (κ1) is 12.9. The minimum Gasteiger partial charge on any atom is -0.466 e. The summed E-state index contributed by atoms with van der Waals surface area (Å²) in [4.78, 5) is 19.5. The van der Waals surface area contributed by atoms with Crippen LogP contribution in [0.3, 0.4) is 0 Å². The van der Waals surface area contributed by atoms with Crippen molar-refractivity contribution in [2.75, 3.05) is 6.61 Å². The van der Waals surface area contributed by atoms with Crippen LogP contribution in [0.15, 0.2) is 12.4 Å². The highest BCUT2D eigenvalue weighted by molar-refractivity contribution is 6.29. The molecule has 16 heavy (non-hydrogen) atoms. The van der Waals surface area contributed by atoms with E-state index in [0.717, 1.165) is 5.69 Å². The van der Waals surface area contributed by atoms with E-state index in [1.54, 1.807) is 13.0 Å². The molecule has 0 aliphatic rings. The van der Waals surface area contributed by atoms with Crippen molar-refractivity contribution in [2.24, 2.45) is 5.41 Å². The Morgan fingerprint density at radius 3 is 2.75 bits per heavy atom. The van der Waals surface area contributed by atoms with E-state index in [9.17, 15) is 4.79 Å². The van der Waals surface area contributed by atoms with Crippen LogP contribution in [0, 0.1) is 5.41 Å². The molecule has 0 saturated heterocycles. The highest BCUT2D eigenvalue weighted by Crippen LogP contribution is 2.23. The normalized spacial score (nSPS) is 11.2. The average molecular weight is 243 g/mol. The van der Waals surface area contributed by atoms with E-state index in [-0.39, 0.29) is 5.97 Å². The lowest BCUT2D eigenvalue weighted by atomic mass is 9.88. The summed E-state index contributed by atoms with van der Waals surface area (Å²) < 4.78 is 4.99. The molecule has 0 unspecified atom stereocenters. The number of carbonyl (C=O) groups excluding carboxylic acids is 1. The number of nitrogens with zero attached hydrogens (tertiary/aromatic N) is 2. The Bertz CT molecular complexity index is 380. The van der Waals surface area contributed by atoms with Crippen LogP contribution >= 0.6 is 11.6 Å². The van der Waals surface area contributed by atoms with Crippen molar-refractivity contribution in [1.29, 1.82) is 0 Å². The fraction of sp³-hybridized carbons (Fsp3) is 0.545. The maximum atomic E-state index is 11.7. The Labute approximate surface area is 100 Å². The van der Waals surface area contributed by atoms with Gasteiger partial charge in [0.05, 0.1) is 12.0 Å². The van der Waals surface area contributed by atoms with E-state index in [2.05, 4.69) is 9.97 Å². The van der Waals surface area contributed by atoms with Gasteiger partial charge in [-0.2, -0.15) is 0 Å². The third kappa shape index (κ3) is 3.45. The molecule has 0 radical (unpaired) electrons. The molecule has 1 aromatic rings. The average Bonchev–Trinajstić information content (AvgIpc) is 2.17. The second kappa shape index (κ2) is 5.25. The molecule has 0 spiro atoms. The van der Waals surface area contributed by atoms with Crippen molar-refractivity contribution >= 4 is 17.6 Å². The first-order chi connectivity index (χ1) is 7.45. The van der Waals surface area contributed by atoms with Crippen molar-refractivity contribution in [3.05, 3.63) is 23.2 Å². The topological polar surface area (TPSA) is 52.1 Å². The lowest BCUT2D eigenvalue weighted by molar-refractivity contribution is -0.153. The van der Waals surface area contributed by atoms with Crippen LogP contribution in [0.5, 0.6) is 0 Å². The van der Waals surface area contributed by atoms with Crippen molar-refractivity contribution in [2.45, 2.75) is 27.2 Å². The Hall–Kier alpha value is -1.16. The van der Waals surface area contributed by atoms with Gasteiger partial charge in [-0.1, -0.05) is 11.6 Å². The molecule has 0 fully saturated rings. The maximum Gasteiger partial charge on any atom is 0.311 e. The summed E-state index contributed by atoms with van der Waals surface area (Å²) in [6.07, 6.45) is 1.87. The Morgan fingerprint density at radius 1 is 1.50 bits per heavy atom. The smallest absolute Gasteiger partial charge is 0.311 e. The summed E-state index contributed by atoms with van der Waals surface area (Å²) in [7, 11) is 0. The van der Waals surface area contributed by atoms with Gasteiger partial charge in [0.2, 0.25) is 0 Å². The van der Waals surface area contributed by atoms with Crippen molar-refractivity contribution in [3.63, 3.8) is 0 Å². The zero-order valence-corrected chi connectivity index (χ0v) is 10.4. The molecular weight excluding hydrogens is 228 g/mol. The van der Waals surface area contributed by atoms with Crippen molar-refractivity contribution < 1.29 is 9.53 Å². The summed E-state index contributed by atoms with van der Waals surface area (Å²) in [5, 5.41) is 0.379. The van der Waals surface area contributed by atoms with Crippen molar-refractivity contribution in [1.82, 2.24) is 9.97 Å². The molecule has 1 aromatic heterocycles. The number of rotatable bonds is 4. The van der Waals surface area contributed by atoms with Gasteiger partial charge in [0.25, 0.3) is 0 Å². The van der Waals surface area contributed by atoms with E-state index in [0.29, 0.717) is 18.2 Å². The fourth-order valence-corrected chi connectivity index (χ4v) is 1.49. The van der Waals surface area contributed by atoms with Crippen LogP contribution in [-0.2, 0) is 16.0 Å². The number of esters is 1. The number of halogens is 1. The third-order valence-corrected chi connectivity index (χ3v) is 2.35. The van der Waals surface area contributed by atoms with E-state index in [4.69, 9.17) is 16.3 Å². The van der Waals surface area contributed by atoms with Gasteiger partial charge in [0.1, 0.15) is 11.5 Å². The molecule has 5 heteroatoms. The number of ether oxygens (including phenoxy) is 1. The summed E-state index contributed by atoms with van der Waals surface area (Å²) in [5.74, 6) is -0.232. The summed E-state index contributed by atoms with van der Waals surface area (Å²) in [6.45, 7) is 5.81. The first-order valence-corrected chi connectivity index (χ1v) is 5.47. The molecule has 88 valence electrons. The summed E-state index contributed by atoms with van der Waals surface area (Å²) in [5.41, 5.74) is 0.131.